The molecular weight excluding hydrogens is 348 g/mol. The Morgan fingerprint density at radius 3 is 1.92 bits per heavy atom. The van der Waals surface area contributed by atoms with Gasteiger partial charge in [-0.3, -0.25) is 9.00 Å². The zero-order valence-corrected chi connectivity index (χ0v) is 15.1. The van der Waals surface area contributed by atoms with Gasteiger partial charge < -0.3 is 9.47 Å². The fourth-order valence-corrected chi connectivity index (χ4v) is 3.19. The molecule has 0 N–H and O–H groups in total. The van der Waals surface area contributed by atoms with Gasteiger partial charge in [0.05, 0.1) is 10.8 Å². The minimum Gasteiger partial charge on any atom is -0.457 e. The maximum absolute atomic E-state index is 12.0. The van der Waals surface area contributed by atoms with E-state index in [1.807, 2.05) is 66.7 Å². The van der Waals surface area contributed by atoms with Crippen LogP contribution in [0, 0.1) is 0 Å². The number of carbonyl (C=O) groups excluding carboxylic acids is 1. The normalized spacial score (nSPS) is 11.6. The number of carbonyl (C=O) groups is 1. The van der Waals surface area contributed by atoms with Crippen molar-refractivity contribution in [3.63, 3.8) is 0 Å². The van der Waals surface area contributed by atoms with Crippen LogP contribution in [0.3, 0.4) is 0 Å². The van der Waals surface area contributed by atoms with E-state index < -0.39 is 16.8 Å². The summed E-state index contributed by atoms with van der Waals surface area (Å²) in [6.07, 6.45) is 0. The first-order chi connectivity index (χ1) is 12.6. The van der Waals surface area contributed by atoms with Crippen molar-refractivity contribution in [3.05, 3.63) is 78.9 Å². The average Bonchev–Trinajstić information content (AvgIpc) is 2.68. The molecule has 0 amide bonds. The van der Waals surface area contributed by atoms with Crippen LogP contribution in [0.4, 0.5) is 0 Å². The van der Waals surface area contributed by atoms with Crippen molar-refractivity contribution < 1.29 is 18.5 Å². The number of esters is 1. The second-order valence-corrected chi connectivity index (χ2v) is 6.96. The van der Waals surface area contributed by atoms with Crippen molar-refractivity contribution in [1.82, 2.24) is 0 Å². The van der Waals surface area contributed by atoms with Crippen LogP contribution in [0.2, 0.25) is 0 Å². The molecule has 26 heavy (non-hydrogen) atoms. The Hall–Kier alpha value is -2.92. The SMILES string of the molecule is CC(=O)OCS(=O)c1ccc(-c2ccc(Oc3ccccc3)cc2)cc1. The van der Waals surface area contributed by atoms with Gasteiger partial charge in [-0.15, -0.1) is 0 Å². The summed E-state index contributed by atoms with van der Waals surface area (Å²) in [5.41, 5.74) is 2.03. The lowest BCUT2D eigenvalue weighted by Gasteiger charge is -2.08. The summed E-state index contributed by atoms with van der Waals surface area (Å²) in [4.78, 5) is 11.4. The van der Waals surface area contributed by atoms with E-state index in [1.165, 1.54) is 6.92 Å². The molecule has 1 atom stereocenters. The first kappa shape index (κ1) is 17.9. The van der Waals surface area contributed by atoms with E-state index in [2.05, 4.69) is 0 Å². The van der Waals surface area contributed by atoms with Gasteiger partial charge in [-0.2, -0.15) is 0 Å². The Kier molecular flexibility index (Phi) is 5.81. The molecule has 0 saturated heterocycles. The van der Waals surface area contributed by atoms with E-state index in [0.29, 0.717) is 4.90 Å². The van der Waals surface area contributed by atoms with Gasteiger partial charge in [-0.25, -0.2) is 0 Å². The summed E-state index contributed by atoms with van der Waals surface area (Å²) < 4.78 is 22.6. The minimum atomic E-state index is -1.36. The molecule has 3 aromatic rings. The average molecular weight is 366 g/mol. The molecule has 3 rings (SSSR count). The first-order valence-corrected chi connectivity index (χ1v) is 9.39. The highest BCUT2D eigenvalue weighted by molar-refractivity contribution is 7.84. The Bertz CT molecular complexity index is 888. The molecule has 0 aromatic heterocycles. The number of hydrogen-bond donors (Lipinski definition) is 0. The van der Waals surface area contributed by atoms with Gasteiger partial charge in [-0.1, -0.05) is 42.5 Å². The highest BCUT2D eigenvalue weighted by Gasteiger charge is 2.07. The molecule has 0 bridgehead atoms. The van der Waals surface area contributed by atoms with Crippen LogP contribution in [-0.2, 0) is 20.3 Å². The second kappa shape index (κ2) is 8.45. The van der Waals surface area contributed by atoms with Gasteiger partial charge in [0, 0.05) is 11.8 Å². The van der Waals surface area contributed by atoms with Gasteiger partial charge >= 0.3 is 5.97 Å². The smallest absolute Gasteiger partial charge is 0.303 e. The third kappa shape index (κ3) is 4.80. The zero-order chi connectivity index (χ0) is 18.4. The van der Waals surface area contributed by atoms with Crippen LogP contribution in [-0.4, -0.2) is 16.1 Å². The van der Waals surface area contributed by atoms with E-state index in [4.69, 9.17) is 9.47 Å². The molecule has 0 saturated carbocycles. The summed E-state index contributed by atoms with van der Waals surface area (Å²) >= 11 is 0. The van der Waals surface area contributed by atoms with Crippen LogP contribution in [0.1, 0.15) is 6.92 Å². The minimum absolute atomic E-state index is 0.125. The Morgan fingerprint density at radius 1 is 0.808 bits per heavy atom. The van der Waals surface area contributed by atoms with Crippen LogP contribution >= 0.6 is 0 Å². The van der Waals surface area contributed by atoms with Gasteiger partial charge in [0.25, 0.3) is 0 Å². The van der Waals surface area contributed by atoms with Crippen molar-refractivity contribution in [2.24, 2.45) is 0 Å². The summed E-state index contributed by atoms with van der Waals surface area (Å²) in [5, 5.41) is 0. The first-order valence-electron chi connectivity index (χ1n) is 8.07. The highest BCUT2D eigenvalue weighted by atomic mass is 32.2. The number of rotatable bonds is 6. The monoisotopic (exact) mass is 366 g/mol. The van der Waals surface area contributed by atoms with Crippen LogP contribution in [0.15, 0.2) is 83.8 Å². The fraction of sp³-hybridized carbons (Fsp3) is 0.0952. The van der Waals surface area contributed by atoms with E-state index in [-0.39, 0.29) is 5.94 Å². The molecule has 3 aromatic carbocycles. The lowest BCUT2D eigenvalue weighted by molar-refractivity contribution is -0.138. The van der Waals surface area contributed by atoms with E-state index in [9.17, 15) is 9.00 Å². The molecule has 0 aliphatic rings. The predicted molar refractivity (Wildman–Crippen MR) is 101 cm³/mol. The topological polar surface area (TPSA) is 52.6 Å². The molecule has 4 nitrogen and oxygen atoms in total. The van der Waals surface area contributed by atoms with Crippen LogP contribution in [0.5, 0.6) is 11.5 Å². The maximum Gasteiger partial charge on any atom is 0.303 e. The van der Waals surface area contributed by atoms with E-state index in [1.54, 1.807) is 12.1 Å². The molecule has 5 heteroatoms. The molecule has 1 unspecified atom stereocenters. The van der Waals surface area contributed by atoms with Crippen LogP contribution in [0.25, 0.3) is 11.1 Å². The predicted octanol–water partition coefficient (Wildman–Crippen LogP) is 4.77. The van der Waals surface area contributed by atoms with Gasteiger partial charge in [0.2, 0.25) is 0 Å². The standard InChI is InChI=1S/C21H18O4S/c1-16(22)24-15-26(23)21-13-9-18(10-14-21)17-7-11-20(12-8-17)25-19-5-3-2-4-6-19/h2-14H,15H2,1H3. The molecule has 132 valence electrons. The number of para-hydroxylation sites is 1. The largest absolute Gasteiger partial charge is 0.457 e. The summed E-state index contributed by atoms with van der Waals surface area (Å²) in [6, 6.07) is 24.7. The molecule has 0 fully saturated rings. The van der Waals surface area contributed by atoms with Crippen molar-refractivity contribution in [1.29, 1.82) is 0 Å². The van der Waals surface area contributed by atoms with Crippen molar-refractivity contribution in [3.8, 4) is 22.6 Å². The zero-order valence-electron chi connectivity index (χ0n) is 14.3. The molecule has 0 aliphatic heterocycles. The highest BCUT2D eigenvalue weighted by Crippen LogP contribution is 2.26. The van der Waals surface area contributed by atoms with Gasteiger partial charge in [-0.05, 0) is 47.5 Å². The Balaban J connectivity index is 1.67. The molecule has 0 spiro atoms. The van der Waals surface area contributed by atoms with E-state index in [0.717, 1.165) is 22.6 Å². The lowest BCUT2D eigenvalue weighted by Crippen LogP contribution is -2.06. The quantitative estimate of drug-likeness (QED) is 0.590. The van der Waals surface area contributed by atoms with Gasteiger partial charge in [0.15, 0.2) is 5.94 Å². The van der Waals surface area contributed by atoms with Crippen molar-refractivity contribution >= 4 is 16.8 Å². The van der Waals surface area contributed by atoms with Gasteiger partial charge in [0.1, 0.15) is 11.5 Å². The van der Waals surface area contributed by atoms with Crippen LogP contribution < -0.4 is 4.74 Å². The molecular formula is C21H18O4S. The van der Waals surface area contributed by atoms with Crippen molar-refractivity contribution in [2.75, 3.05) is 5.94 Å². The molecule has 0 radical (unpaired) electrons. The number of hydrogen-bond acceptors (Lipinski definition) is 4. The van der Waals surface area contributed by atoms with E-state index >= 15 is 0 Å². The third-order valence-corrected chi connectivity index (χ3v) is 4.78. The number of benzene rings is 3. The second-order valence-electron chi connectivity index (χ2n) is 5.56. The summed E-state index contributed by atoms with van der Waals surface area (Å²) in [6.45, 7) is 1.30. The maximum atomic E-state index is 12.0. The molecule has 0 aliphatic carbocycles. The third-order valence-electron chi connectivity index (χ3n) is 3.65. The Morgan fingerprint density at radius 2 is 1.35 bits per heavy atom. The lowest BCUT2D eigenvalue weighted by atomic mass is 10.1. The summed E-state index contributed by atoms with van der Waals surface area (Å²) in [5.74, 6) is 0.993. The number of ether oxygens (including phenoxy) is 2. The Labute approximate surface area is 154 Å². The fourth-order valence-electron chi connectivity index (χ4n) is 2.34. The molecule has 0 heterocycles. The summed E-state index contributed by atoms with van der Waals surface area (Å²) in [7, 11) is -1.36. The van der Waals surface area contributed by atoms with Crippen molar-refractivity contribution in [2.45, 2.75) is 11.8 Å².